The molecule has 0 aliphatic heterocycles. The SMILES string of the molecule is CC(C)C(=O)Cc1nc2c(ncn2C(C)C)c(=O)[nH]1. The van der Waals surface area contributed by atoms with Crippen molar-refractivity contribution in [3.63, 3.8) is 0 Å². The van der Waals surface area contributed by atoms with Crippen LogP contribution in [0.5, 0.6) is 0 Å². The third-order valence-electron chi connectivity index (χ3n) is 3.02. The molecule has 0 aliphatic rings. The molecular formula is C13H18N4O2. The minimum Gasteiger partial charge on any atom is -0.313 e. The molecule has 2 rings (SSSR count). The van der Waals surface area contributed by atoms with Crippen molar-refractivity contribution < 1.29 is 4.79 Å². The zero-order chi connectivity index (χ0) is 14.2. The molecule has 0 saturated carbocycles. The molecule has 2 aromatic heterocycles. The van der Waals surface area contributed by atoms with E-state index in [1.54, 1.807) is 6.33 Å². The molecular weight excluding hydrogens is 244 g/mol. The predicted octanol–water partition coefficient (Wildman–Crippen LogP) is 1.47. The van der Waals surface area contributed by atoms with Crippen LogP contribution in [0.2, 0.25) is 0 Å². The molecule has 0 atom stereocenters. The number of carbonyl (C=O) groups is 1. The number of nitrogens with one attached hydrogen (secondary N) is 1. The standard InChI is InChI=1S/C13H18N4O2/c1-7(2)9(18)5-10-15-12-11(13(19)16-10)14-6-17(12)8(3)4/h6-8H,5H2,1-4H3,(H,15,16,19). The van der Waals surface area contributed by atoms with E-state index >= 15 is 0 Å². The van der Waals surface area contributed by atoms with Crippen LogP contribution in [-0.4, -0.2) is 25.3 Å². The summed E-state index contributed by atoms with van der Waals surface area (Å²) in [6, 6.07) is 0.160. The zero-order valence-electron chi connectivity index (χ0n) is 11.6. The van der Waals surface area contributed by atoms with Crippen LogP contribution in [0.25, 0.3) is 11.2 Å². The molecule has 2 aromatic rings. The summed E-state index contributed by atoms with van der Waals surface area (Å²) in [6.07, 6.45) is 1.75. The minimum atomic E-state index is -0.295. The molecule has 0 saturated heterocycles. The van der Waals surface area contributed by atoms with Gasteiger partial charge in [0, 0.05) is 12.0 Å². The topological polar surface area (TPSA) is 80.6 Å². The van der Waals surface area contributed by atoms with E-state index in [-0.39, 0.29) is 29.7 Å². The highest BCUT2D eigenvalue weighted by Gasteiger charge is 2.15. The van der Waals surface area contributed by atoms with Crippen molar-refractivity contribution in [3.8, 4) is 0 Å². The van der Waals surface area contributed by atoms with Crippen LogP contribution in [0.1, 0.15) is 39.6 Å². The third kappa shape index (κ3) is 2.57. The first kappa shape index (κ1) is 13.5. The van der Waals surface area contributed by atoms with E-state index in [2.05, 4.69) is 15.0 Å². The zero-order valence-corrected chi connectivity index (χ0v) is 11.6. The second-order valence-electron chi connectivity index (χ2n) is 5.23. The molecule has 0 unspecified atom stereocenters. The van der Waals surface area contributed by atoms with Gasteiger partial charge in [0.2, 0.25) is 0 Å². The first-order valence-electron chi connectivity index (χ1n) is 6.38. The Kier molecular flexibility index (Phi) is 3.50. The first-order valence-corrected chi connectivity index (χ1v) is 6.38. The summed E-state index contributed by atoms with van der Waals surface area (Å²) in [5.74, 6) is 0.382. The van der Waals surface area contributed by atoms with Gasteiger partial charge in [-0.1, -0.05) is 13.8 Å². The Balaban J connectivity index is 2.50. The third-order valence-corrected chi connectivity index (χ3v) is 3.02. The summed E-state index contributed by atoms with van der Waals surface area (Å²) >= 11 is 0. The van der Waals surface area contributed by atoms with Crippen LogP contribution in [0.3, 0.4) is 0 Å². The minimum absolute atomic E-state index is 0.0538. The normalized spacial score (nSPS) is 11.7. The fourth-order valence-corrected chi connectivity index (χ4v) is 1.80. The molecule has 2 heterocycles. The monoisotopic (exact) mass is 262 g/mol. The van der Waals surface area contributed by atoms with Gasteiger partial charge in [0.25, 0.3) is 5.56 Å². The van der Waals surface area contributed by atoms with E-state index in [1.165, 1.54) is 0 Å². The van der Waals surface area contributed by atoms with Crippen LogP contribution in [0, 0.1) is 5.92 Å². The van der Waals surface area contributed by atoms with Crippen molar-refractivity contribution in [1.82, 2.24) is 19.5 Å². The summed E-state index contributed by atoms with van der Waals surface area (Å²) in [5.41, 5.74) is 0.552. The largest absolute Gasteiger partial charge is 0.313 e. The molecule has 0 fully saturated rings. The van der Waals surface area contributed by atoms with Crippen LogP contribution in [-0.2, 0) is 11.2 Å². The van der Waals surface area contributed by atoms with E-state index in [4.69, 9.17) is 0 Å². The number of aromatic amines is 1. The van der Waals surface area contributed by atoms with Crippen molar-refractivity contribution in [2.75, 3.05) is 0 Å². The summed E-state index contributed by atoms with van der Waals surface area (Å²) < 4.78 is 1.83. The predicted molar refractivity (Wildman–Crippen MR) is 72.1 cm³/mol. The van der Waals surface area contributed by atoms with Crippen LogP contribution in [0.4, 0.5) is 0 Å². The van der Waals surface area contributed by atoms with Crippen molar-refractivity contribution in [2.45, 2.75) is 40.2 Å². The fourth-order valence-electron chi connectivity index (χ4n) is 1.80. The lowest BCUT2D eigenvalue weighted by Crippen LogP contribution is -2.18. The molecule has 0 bridgehead atoms. The molecule has 19 heavy (non-hydrogen) atoms. The highest BCUT2D eigenvalue weighted by molar-refractivity contribution is 5.82. The Labute approximate surface area is 110 Å². The summed E-state index contributed by atoms with van der Waals surface area (Å²) in [5, 5.41) is 0. The molecule has 0 spiro atoms. The van der Waals surface area contributed by atoms with Gasteiger partial charge in [0.1, 0.15) is 11.6 Å². The van der Waals surface area contributed by atoms with Gasteiger partial charge in [0.15, 0.2) is 11.2 Å². The number of ketones is 1. The number of imidazole rings is 1. The molecule has 6 nitrogen and oxygen atoms in total. The highest BCUT2D eigenvalue weighted by atomic mass is 16.1. The quantitative estimate of drug-likeness (QED) is 0.904. The van der Waals surface area contributed by atoms with Gasteiger partial charge in [-0.15, -0.1) is 0 Å². The number of nitrogens with zero attached hydrogens (tertiary/aromatic N) is 3. The van der Waals surface area contributed by atoms with Gasteiger partial charge in [-0.3, -0.25) is 9.59 Å². The van der Waals surface area contributed by atoms with Gasteiger partial charge in [-0.25, -0.2) is 9.97 Å². The molecule has 102 valence electrons. The van der Waals surface area contributed by atoms with Crippen molar-refractivity contribution in [2.24, 2.45) is 5.92 Å². The van der Waals surface area contributed by atoms with Crippen molar-refractivity contribution >= 4 is 16.9 Å². The van der Waals surface area contributed by atoms with E-state index < -0.39 is 0 Å². The van der Waals surface area contributed by atoms with Gasteiger partial charge in [-0.05, 0) is 13.8 Å². The average molecular weight is 262 g/mol. The molecule has 0 aliphatic carbocycles. The van der Waals surface area contributed by atoms with E-state index in [0.29, 0.717) is 17.0 Å². The smallest absolute Gasteiger partial charge is 0.279 e. The number of Topliss-reactive ketones (excluding diaryl/α,β-unsaturated/α-hetero) is 1. The lowest BCUT2D eigenvalue weighted by atomic mass is 10.1. The highest BCUT2D eigenvalue weighted by Crippen LogP contribution is 2.12. The fraction of sp³-hybridized carbons (Fsp3) is 0.538. The Morgan fingerprint density at radius 1 is 1.37 bits per heavy atom. The van der Waals surface area contributed by atoms with E-state index in [1.807, 2.05) is 32.3 Å². The number of hydrogen-bond acceptors (Lipinski definition) is 4. The van der Waals surface area contributed by atoms with Crippen LogP contribution < -0.4 is 5.56 Å². The Bertz CT molecular complexity index is 667. The molecule has 0 radical (unpaired) electrons. The summed E-state index contributed by atoms with van der Waals surface area (Å²) in [7, 11) is 0. The number of hydrogen-bond donors (Lipinski definition) is 1. The van der Waals surface area contributed by atoms with E-state index in [0.717, 1.165) is 0 Å². The van der Waals surface area contributed by atoms with Crippen LogP contribution in [0.15, 0.2) is 11.1 Å². The van der Waals surface area contributed by atoms with Crippen molar-refractivity contribution in [3.05, 3.63) is 22.5 Å². The molecule has 1 N–H and O–H groups in total. The maximum Gasteiger partial charge on any atom is 0.279 e. The Morgan fingerprint density at radius 3 is 2.63 bits per heavy atom. The summed E-state index contributed by atoms with van der Waals surface area (Å²) in [4.78, 5) is 34.7. The number of carbonyl (C=O) groups excluding carboxylic acids is 1. The van der Waals surface area contributed by atoms with E-state index in [9.17, 15) is 9.59 Å². The Hall–Kier alpha value is -1.98. The maximum atomic E-state index is 11.9. The molecule has 6 heteroatoms. The number of aromatic nitrogens is 4. The van der Waals surface area contributed by atoms with Crippen molar-refractivity contribution in [1.29, 1.82) is 0 Å². The Morgan fingerprint density at radius 2 is 2.05 bits per heavy atom. The summed E-state index contributed by atoms with van der Waals surface area (Å²) in [6.45, 7) is 7.64. The molecule has 0 aromatic carbocycles. The second kappa shape index (κ2) is 4.95. The number of rotatable bonds is 4. The molecule has 0 amide bonds. The number of fused-ring (bicyclic) bond motifs is 1. The number of H-pyrrole nitrogens is 1. The van der Waals surface area contributed by atoms with Crippen LogP contribution >= 0.6 is 0 Å². The first-order chi connectivity index (χ1) is 8.90. The lowest BCUT2D eigenvalue weighted by Gasteiger charge is -2.08. The maximum absolute atomic E-state index is 11.9. The van der Waals surface area contributed by atoms with Gasteiger partial charge in [0.05, 0.1) is 12.7 Å². The van der Waals surface area contributed by atoms with Gasteiger partial charge < -0.3 is 9.55 Å². The van der Waals surface area contributed by atoms with Gasteiger partial charge >= 0.3 is 0 Å². The van der Waals surface area contributed by atoms with Gasteiger partial charge in [-0.2, -0.15) is 0 Å². The lowest BCUT2D eigenvalue weighted by molar-refractivity contribution is -0.121. The second-order valence-corrected chi connectivity index (χ2v) is 5.23. The average Bonchev–Trinajstić information content (AvgIpc) is 2.72.